The molecule has 0 radical (unpaired) electrons. The van der Waals surface area contributed by atoms with Gasteiger partial charge in [0.15, 0.2) is 11.6 Å². The van der Waals surface area contributed by atoms with Crippen LogP contribution in [-0.2, 0) is 0 Å². The SMILES string of the molecule is CC1CCC(COc2ccc(-c3cc[c-]cc3)c(Cl)c2F)CC1.[Rb+]. The summed E-state index contributed by atoms with van der Waals surface area (Å²) in [5, 5.41) is 0.117. The molecule has 0 heterocycles. The van der Waals surface area contributed by atoms with Crippen molar-refractivity contribution in [3.05, 3.63) is 53.3 Å². The van der Waals surface area contributed by atoms with E-state index in [9.17, 15) is 4.39 Å². The second kappa shape index (κ2) is 9.82. The van der Waals surface area contributed by atoms with Crippen LogP contribution in [-0.4, -0.2) is 6.61 Å². The summed E-state index contributed by atoms with van der Waals surface area (Å²) >= 11 is 6.21. The maximum absolute atomic E-state index is 14.5. The van der Waals surface area contributed by atoms with Gasteiger partial charge < -0.3 is 4.74 Å². The Morgan fingerprint density at radius 2 is 1.79 bits per heavy atom. The Balaban J connectivity index is 0.00000208. The van der Waals surface area contributed by atoms with E-state index in [1.165, 1.54) is 12.8 Å². The quantitative estimate of drug-likeness (QED) is 0.695. The zero-order valence-corrected chi connectivity index (χ0v) is 20.0. The average Bonchev–Trinajstić information content (AvgIpc) is 2.58. The number of rotatable bonds is 4. The van der Waals surface area contributed by atoms with Gasteiger partial charge in [0.1, 0.15) is 0 Å². The number of benzene rings is 2. The molecule has 0 aromatic heterocycles. The van der Waals surface area contributed by atoms with Crippen LogP contribution in [0.1, 0.15) is 32.6 Å². The normalized spacial score (nSPS) is 20.3. The number of hydrogen-bond donors (Lipinski definition) is 0. The van der Waals surface area contributed by atoms with E-state index >= 15 is 0 Å². The second-order valence-electron chi connectivity index (χ2n) is 6.46. The molecule has 0 atom stereocenters. The molecule has 24 heavy (non-hydrogen) atoms. The molecular weight excluding hydrogens is 396 g/mol. The summed E-state index contributed by atoms with van der Waals surface area (Å²) in [5.41, 5.74) is 1.55. The Bertz CT molecular complexity index is 654. The van der Waals surface area contributed by atoms with E-state index in [4.69, 9.17) is 16.3 Å². The van der Waals surface area contributed by atoms with Crippen molar-refractivity contribution < 1.29 is 67.3 Å². The minimum absolute atomic E-state index is 0. The molecule has 0 spiro atoms. The van der Waals surface area contributed by atoms with Gasteiger partial charge in [0.2, 0.25) is 0 Å². The second-order valence-corrected chi connectivity index (χ2v) is 6.84. The molecule has 1 saturated carbocycles. The summed E-state index contributed by atoms with van der Waals surface area (Å²) in [6, 6.07) is 13.8. The first-order valence-corrected chi connectivity index (χ1v) is 8.60. The van der Waals surface area contributed by atoms with Gasteiger partial charge in [-0.2, -0.15) is 30.3 Å². The van der Waals surface area contributed by atoms with E-state index in [0.29, 0.717) is 18.1 Å². The fourth-order valence-electron chi connectivity index (χ4n) is 3.14. The van der Waals surface area contributed by atoms with Gasteiger partial charge in [0, 0.05) is 0 Å². The molecule has 1 nitrogen and oxygen atoms in total. The minimum Gasteiger partial charge on any atom is -0.490 e. The standard InChI is InChI=1S/C20H21ClFO.Rb/c1-14-7-9-15(10-8-14)13-23-18-12-11-17(19(21)20(18)22)16-5-3-2-4-6-16;/h3-6,11-12,14-15H,7-10,13H2,1H3;/q-1;+1. The zero-order chi connectivity index (χ0) is 16.2. The van der Waals surface area contributed by atoms with E-state index in [2.05, 4.69) is 13.0 Å². The third-order valence-corrected chi connectivity index (χ3v) is 5.06. The fourth-order valence-corrected chi connectivity index (χ4v) is 3.40. The first-order chi connectivity index (χ1) is 11.1. The Morgan fingerprint density at radius 1 is 1.12 bits per heavy atom. The van der Waals surface area contributed by atoms with Crippen LogP contribution in [0.5, 0.6) is 5.75 Å². The van der Waals surface area contributed by atoms with Crippen molar-refractivity contribution in [1.82, 2.24) is 0 Å². The van der Waals surface area contributed by atoms with Crippen LogP contribution in [0, 0.1) is 23.7 Å². The van der Waals surface area contributed by atoms with Gasteiger partial charge in [-0.25, -0.2) is 4.39 Å². The Hall–Kier alpha value is 0.265. The topological polar surface area (TPSA) is 9.23 Å². The fraction of sp³-hybridized carbons (Fsp3) is 0.400. The Labute approximate surface area is 197 Å². The van der Waals surface area contributed by atoms with Crippen LogP contribution < -0.4 is 62.9 Å². The van der Waals surface area contributed by atoms with Gasteiger partial charge in [-0.3, -0.25) is 0 Å². The largest absolute Gasteiger partial charge is 1.00 e. The smallest absolute Gasteiger partial charge is 0.490 e. The van der Waals surface area contributed by atoms with Crippen molar-refractivity contribution in [1.29, 1.82) is 0 Å². The average molecular weight is 417 g/mol. The third kappa shape index (κ3) is 5.14. The molecule has 2 aromatic rings. The van der Waals surface area contributed by atoms with Crippen molar-refractivity contribution in [2.45, 2.75) is 32.6 Å². The Morgan fingerprint density at radius 3 is 2.46 bits per heavy atom. The van der Waals surface area contributed by atoms with Crippen molar-refractivity contribution >= 4 is 11.6 Å². The maximum atomic E-state index is 14.5. The van der Waals surface area contributed by atoms with E-state index in [1.54, 1.807) is 18.2 Å². The van der Waals surface area contributed by atoms with Crippen LogP contribution in [0.25, 0.3) is 11.1 Å². The van der Waals surface area contributed by atoms with Gasteiger partial charge in [-0.15, -0.1) is 5.56 Å². The molecule has 122 valence electrons. The molecule has 1 fully saturated rings. The predicted molar refractivity (Wildman–Crippen MR) is 92.3 cm³/mol. The number of ether oxygens (including phenoxy) is 1. The van der Waals surface area contributed by atoms with Crippen LogP contribution in [0.4, 0.5) is 4.39 Å². The van der Waals surface area contributed by atoms with Crippen LogP contribution >= 0.6 is 11.6 Å². The van der Waals surface area contributed by atoms with E-state index < -0.39 is 5.82 Å². The molecule has 1 aliphatic rings. The molecule has 0 bridgehead atoms. The third-order valence-electron chi connectivity index (χ3n) is 4.69. The summed E-state index contributed by atoms with van der Waals surface area (Å²) in [4.78, 5) is 0. The summed E-state index contributed by atoms with van der Waals surface area (Å²) in [6.07, 6.45) is 4.80. The molecule has 0 amide bonds. The van der Waals surface area contributed by atoms with Crippen molar-refractivity contribution in [2.75, 3.05) is 6.61 Å². The number of hydrogen-bond acceptors (Lipinski definition) is 1. The van der Waals surface area contributed by atoms with Crippen molar-refractivity contribution in [2.24, 2.45) is 11.8 Å². The minimum atomic E-state index is -0.471. The first-order valence-electron chi connectivity index (χ1n) is 8.22. The monoisotopic (exact) mass is 416 g/mol. The Kier molecular flexibility index (Phi) is 8.42. The van der Waals surface area contributed by atoms with Crippen LogP contribution in [0.15, 0.2) is 36.4 Å². The van der Waals surface area contributed by atoms with Crippen molar-refractivity contribution in [3.8, 4) is 16.9 Å². The van der Waals surface area contributed by atoms with E-state index in [-0.39, 0.29) is 69.0 Å². The maximum Gasteiger partial charge on any atom is 1.00 e. The van der Waals surface area contributed by atoms with Crippen LogP contribution in [0.2, 0.25) is 5.02 Å². The number of halogens is 2. The molecule has 1 aliphatic carbocycles. The summed E-state index contributed by atoms with van der Waals surface area (Å²) in [7, 11) is 0. The molecule has 0 aliphatic heterocycles. The van der Waals surface area contributed by atoms with E-state index in [0.717, 1.165) is 24.3 Å². The molecule has 0 N–H and O–H groups in total. The molecule has 3 rings (SSSR count). The zero-order valence-electron chi connectivity index (χ0n) is 14.3. The molecule has 4 heteroatoms. The predicted octanol–water partition coefficient (Wildman–Crippen LogP) is 3.16. The van der Waals surface area contributed by atoms with Crippen LogP contribution in [0.3, 0.4) is 0 Å². The first kappa shape index (κ1) is 20.6. The van der Waals surface area contributed by atoms with Gasteiger partial charge in [-0.05, 0) is 36.3 Å². The molecule has 2 aromatic carbocycles. The van der Waals surface area contributed by atoms with Crippen molar-refractivity contribution in [3.63, 3.8) is 0 Å². The molecular formula is C20H21ClFORb. The van der Waals surface area contributed by atoms with E-state index in [1.807, 2.05) is 18.2 Å². The molecule has 0 saturated heterocycles. The van der Waals surface area contributed by atoms with Gasteiger partial charge >= 0.3 is 58.2 Å². The summed E-state index contributed by atoms with van der Waals surface area (Å²) < 4.78 is 20.2. The van der Waals surface area contributed by atoms with Gasteiger partial charge in [-0.1, -0.05) is 37.4 Å². The summed E-state index contributed by atoms with van der Waals surface area (Å²) in [5.74, 6) is 1.11. The summed E-state index contributed by atoms with van der Waals surface area (Å²) in [6.45, 7) is 2.86. The molecule has 0 unspecified atom stereocenters. The van der Waals surface area contributed by atoms with Gasteiger partial charge in [0.25, 0.3) is 0 Å². The van der Waals surface area contributed by atoms with Gasteiger partial charge in [0.05, 0.1) is 11.6 Å².